The third-order valence-electron chi connectivity index (χ3n) is 3.59. The molecule has 1 fully saturated rings. The number of rotatable bonds is 4. The van der Waals surface area contributed by atoms with Crippen molar-refractivity contribution in [3.05, 3.63) is 12.2 Å². The Hall–Kier alpha value is -0.900. The Morgan fingerprint density at radius 2 is 2.44 bits per heavy atom. The SMILES string of the molecule is CCCn1ncnc1CC1(C)CCC(N)C1. The molecule has 1 heterocycles. The van der Waals surface area contributed by atoms with Crippen molar-refractivity contribution in [1.29, 1.82) is 0 Å². The average molecular weight is 222 g/mol. The Kier molecular flexibility index (Phi) is 3.28. The van der Waals surface area contributed by atoms with E-state index < -0.39 is 0 Å². The first-order valence-electron chi connectivity index (χ1n) is 6.25. The van der Waals surface area contributed by atoms with Crippen molar-refractivity contribution in [3.63, 3.8) is 0 Å². The molecule has 0 aliphatic heterocycles. The second-order valence-electron chi connectivity index (χ2n) is 5.39. The van der Waals surface area contributed by atoms with E-state index in [2.05, 4.69) is 23.9 Å². The van der Waals surface area contributed by atoms with Gasteiger partial charge in [-0.25, -0.2) is 4.98 Å². The van der Waals surface area contributed by atoms with Gasteiger partial charge in [-0.2, -0.15) is 5.10 Å². The van der Waals surface area contributed by atoms with E-state index in [9.17, 15) is 0 Å². The molecule has 90 valence electrons. The molecule has 16 heavy (non-hydrogen) atoms. The summed E-state index contributed by atoms with van der Waals surface area (Å²) in [4.78, 5) is 4.38. The lowest BCUT2D eigenvalue weighted by atomic mass is 9.84. The predicted octanol–water partition coefficient (Wildman–Crippen LogP) is 1.75. The fourth-order valence-electron chi connectivity index (χ4n) is 2.74. The summed E-state index contributed by atoms with van der Waals surface area (Å²) in [7, 11) is 0. The second kappa shape index (κ2) is 4.53. The van der Waals surface area contributed by atoms with E-state index in [-0.39, 0.29) is 0 Å². The van der Waals surface area contributed by atoms with Crippen molar-refractivity contribution < 1.29 is 0 Å². The minimum absolute atomic E-state index is 0.331. The Balaban J connectivity index is 2.05. The van der Waals surface area contributed by atoms with Crippen LogP contribution in [0.1, 0.15) is 45.4 Å². The molecule has 0 bridgehead atoms. The number of aryl methyl sites for hydroxylation is 1. The smallest absolute Gasteiger partial charge is 0.138 e. The summed E-state index contributed by atoms with van der Waals surface area (Å²) in [6.45, 7) is 5.46. The number of hydrogen-bond donors (Lipinski definition) is 1. The Labute approximate surface area is 97.2 Å². The van der Waals surface area contributed by atoms with Gasteiger partial charge < -0.3 is 5.73 Å². The van der Waals surface area contributed by atoms with Crippen LogP contribution in [0.5, 0.6) is 0 Å². The van der Waals surface area contributed by atoms with Crippen LogP contribution < -0.4 is 5.73 Å². The molecule has 1 aromatic heterocycles. The van der Waals surface area contributed by atoms with Gasteiger partial charge in [-0.15, -0.1) is 0 Å². The summed E-state index contributed by atoms with van der Waals surface area (Å²) in [5, 5.41) is 4.27. The molecule has 2 rings (SSSR count). The molecule has 2 unspecified atom stereocenters. The minimum Gasteiger partial charge on any atom is -0.328 e. The number of nitrogens with two attached hydrogens (primary N) is 1. The highest BCUT2D eigenvalue weighted by atomic mass is 15.3. The summed E-state index contributed by atoms with van der Waals surface area (Å²) >= 11 is 0. The predicted molar refractivity (Wildman–Crippen MR) is 64.0 cm³/mol. The molecular weight excluding hydrogens is 200 g/mol. The molecule has 1 aromatic rings. The zero-order valence-corrected chi connectivity index (χ0v) is 10.3. The maximum Gasteiger partial charge on any atom is 0.138 e. The van der Waals surface area contributed by atoms with E-state index in [4.69, 9.17) is 5.73 Å². The van der Waals surface area contributed by atoms with Gasteiger partial charge in [-0.05, 0) is 31.1 Å². The number of hydrogen-bond acceptors (Lipinski definition) is 3. The number of aromatic nitrogens is 3. The zero-order valence-electron chi connectivity index (χ0n) is 10.3. The van der Waals surface area contributed by atoms with Crippen LogP contribution in [-0.2, 0) is 13.0 Å². The minimum atomic E-state index is 0.331. The third-order valence-corrected chi connectivity index (χ3v) is 3.59. The van der Waals surface area contributed by atoms with Crippen LogP contribution in [0.15, 0.2) is 6.33 Å². The maximum atomic E-state index is 5.99. The van der Waals surface area contributed by atoms with Gasteiger partial charge in [-0.3, -0.25) is 4.68 Å². The van der Waals surface area contributed by atoms with E-state index in [1.807, 2.05) is 4.68 Å². The van der Waals surface area contributed by atoms with E-state index >= 15 is 0 Å². The molecule has 0 saturated heterocycles. The van der Waals surface area contributed by atoms with Crippen molar-refractivity contribution in [1.82, 2.24) is 14.8 Å². The first-order valence-corrected chi connectivity index (χ1v) is 6.25. The lowest BCUT2D eigenvalue weighted by Crippen LogP contribution is -2.23. The van der Waals surface area contributed by atoms with Gasteiger partial charge in [0.25, 0.3) is 0 Å². The van der Waals surface area contributed by atoms with Crippen molar-refractivity contribution in [2.75, 3.05) is 0 Å². The first-order chi connectivity index (χ1) is 7.63. The fourth-order valence-corrected chi connectivity index (χ4v) is 2.74. The highest BCUT2D eigenvalue weighted by molar-refractivity contribution is 4.97. The van der Waals surface area contributed by atoms with E-state index in [1.54, 1.807) is 6.33 Å². The van der Waals surface area contributed by atoms with Gasteiger partial charge in [0.1, 0.15) is 12.2 Å². The van der Waals surface area contributed by atoms with Crippen LogP contribution in [0.3, 0.4) is 0 Å². The molecule has 4 nitrogen and oxygen atoms in total. The van der Waals surface area contributed by atoms with Crippen LogP contribution in [0.25, 0.3) is 0 Å². The molecule has 2 atom stereocenters. The molecule has 1 aliphatic carbocycles. The molecule has 2 N–H and O–H groups in total. The highest BCUT2D eigenvalue weighted by Gasteiger charge is 2.34. The summed E-state index contributed by atoms with van der Waals surface area (Å²) < 4.78 is 2.04. The fraction of sp³-hybridized carbons (Fsp3) is 0.833. The Morgan fingerprint density at radius 3 is 3.06 bits per heavy atom. The largest absolute Gasteiger partial charge is 0.328 e. The molecule has 1 saturated carbocycles. The lowest BCUT2D eigenvalue weighted by molar-refractivity contribution is 0.314. The van der Waals surface area contributed by atoms with Gasteiger partial charge in [0.2, 0.25) is 0 Å². The monoisotopic (exact) mass is 222 g/mol. The van der Waals surface area contributed by atoms with E-state index in [1.165, 1.54) is 6.42 Å². The Morgan fingerprint density at radius 1 is 1.62 bits per heavy atom. The van der Waals surface area contributed by atoms with Crippen molar-refractivity contribution >= 4 is 0 Å². The van der Waals surface area contributed by atoms with Crippen LogP contribution in [-0.4, -0.2) is 20.8 Å². The Bertz CT molecular complexity index is 347. The summed E-state index contributed by atoms with van der Waals surface area (Å²) in [6, 6.07) is 0.382. The van der Waals surface area contributed by atoms with Gasteiger partial charge in [0.15, 0.2) is 0 Å². The lowest BCUT2D eigenvalue weighted by Gasteiger charge is -2.23. The van der Waals surface area contributed by atoms with Crippen LogP contribution >= 0.6 is 0 Å². The van der Waals surface area contributed by atoms with Gasteiger partial charge >= 0.3 is 0 Å². The van der Waals surface area contributed by atoms with Gasteiger partial charge in [0.05, 0.1) is 0 Å². The first kappa shape index (κ1) is 11.6. The molecule has 0 radical (unpaired) electrons. The molecule has 0 aromatic carbocycles. The normalized spacial score (nSPS) is 29.8. The summed E-state index contributed by atoms with van der Waals surface area (Å²) in [5.41, 5.74) is 6.32. The maximum absolute atomic E-state index is 5.99. The third kappa shape index (κ3) is 2.43. The van der Waals surface area contributed by atoms with Gasteiger partial charge in [-0.1, -0.05) is 13.8 Å². The molecule has 1 aliphatic rings. The van der Waals surface area contributed by atoms with Crippen molar-refractivity contribution in [3.8, 4) is 0 Å². The van der Waals surface area contributed by atoms with Crippen LogP contribution in [0.4, 0.5) is 0 Å². The van der Waals surface area contributed by atoms with Crippen LogP contribution in [0.2, 0.25) is 0 Å². The molecule has 0 amide bonds. The van der Waals surface area contributed by atoms with Crippen molar-refractivity contribution in [2.45, 2.75) is 58.5 Å². The molecular formula is C12H22N4. The van der Waals surface area contributed by atoms with Crippen molar-refractivity contribution in [2.24, 2.45) is 11.1 Å². The molecule has 0 spiro atoms. The quantitative estimate of drug-likeness (QED) is 0.844. The van der Waals surface area contributed by atoms with Gasteiger partial charge in [0, 0.05) is 19.0 Å². The highest BCUT2D eigenvalue weighted by Crippen LogP contribution is 2.39. The average Bonchev–Trinajstić information content (AvgIpc) is 2.76. The molecule has 4 heteroatoms. The second-order valence-corrected chi connectivity index (χ2v) is 5.39. The van der Waals surface area contributed by atoms with Crippen LogP contribution in [0, 0.1) is 5.41 Å². The standard InChI is InChI=1S/C12H22N4/c1-3-6-16-11(14-9-15-16)8-12(2)5-4-10(13)7-12/h9-10H,3-8,13H2,1-2H3. The number of nitrogens with zero attached hydrogens (tertiary/aromatic N) is 3. The zero-order chi connectivity index (χ0) is 11.6. The van der Waals surface area contributed by atoms with E-state index in [0.29, 0.717) is 11.5 Å². The summed E-state index contributed by atoms with van der Waals surface area (Å²) in [6.07, 6.45) is 7.27. The summed E-state index contributed by atoms with van der Waals surface area (Å²) in [5.74, 6) is 1.12. The topological polar surface area (TPSA) is 56.7 Å². The van der Waals surface area contributed by atoms with E-state index in [0.717, 1.165) is 38.1 Å².